The molecule has 0 N–H and O–H groups in total. The van der Waals surface area contributed by atoms with E-state index in [1.807, 2.05) is 18.3 Å². The topological polar surface area (TPSA) is 65.2 Å². The number of nitriles is 1. The summed E-state index contributed by atoms with van der Waals surface area (Å²) in [6.45, 7) is 4.71. The summed E-state index contributed by atoms with van der Waals surface area (Å²) < 4.78 is 2.93. The zero-order chi connectivity index (χ0) is 21.4. The third-order valence-electron chi connectivity index (χ3n) is 6.19. The number of aromatic nitrogens is 2. The van der Waals surface area contributed by atoms with Crippen LogP contribution in [0.1, 0.15) is 11.1 Å². The maximum Gasteiger partial charge on any atom is 0.251 e. The highest BCUT2D eigenvalue weighted by atomic mass is 35.5. The summed E-state index contributed by atoms with van der Waals surface area (Å²) >= 11 is 1.75. The summed E-state index contributed by atoms with van der Waals surface area (Å²) in [5.41, 5.74) is 2.51. The van der Waals surface area contributed by atoms with Gasteiger partial charge < -0.3 is 9.47 Å². The predicted octanol–water partition coefficient (Wildman–Crippen LogP) is 3.81. The van der Waals surface area contributed by atoms with E-state index in [0.717, 1.165) is 61.4 Å². The summed E-state index contributed by atoms with van der Waals surface area (Å²) in [6, 6.07) is 13.7. The number of benzene rings is 1. The molecule has 32 heavy (non-hydrogen) atoms. The van der Waals surface area contributed by atoms with E-state index in [1.54, 1.807) is 35.1 Å². The van der Waals surface area contributed by atoms with Crippen LogP contribution in [-0.2, 0) is 13.5 Å². The summed E-state index contributed by atoms with van der Waals surface area (Å²) in [7, 11) is 1.78. The maximum atomic E-state index is 12.4. The van der Waals surface area contributed by atoms with Crippen LogP contribution >= 0.6 is 23.7 Å². The first kappa shape index (κ1) is 22.3. The molecule has 0 radical (unpaired) electrons. The van der Waals surface area contributed by atoms with Crippen molar-refractivity contribution in [2.75, 3.05) is 37.6 Å². The molecule has 0 spiro atoms. The molecule has 0 unspecified atom stereocenters. The SMILES string of the molecule is Cl.Cn1c(=O)cc(CCN2CCN(c3nccc4sccc34)CC2)c2cc(C#N)ccc21. The highest BCUT2D eigenvalue weighted by molar-refractivity contribution is 7.17. The van der Waals surface area contributed by atoms with Crippen LogP contribution in [0.5, 0.6) is 0 Å². The maximum absolute atomic E-state index is 12.4. The van der Waals surface area contributed by atoms with Crippen molar-refractivity contribution in [1.29, 1.82) is 5.26 Å². The van der Waals surface area contributed by atoms with E-state index in [2.05, 4.69) is 38.4 Å². The summed E-state index contributed by atoms with van der Waals surface area (Å²) in [5, 5.41) is 13.6. The smallest absolute Gasteiger partial charge is 0.251 e. The highest BCUT2D eigenvalue weighted by Crippen LogP contribution is 2.29. The average molecular weight is 466 g/mol. The molecule has 1 aliphatic rings. The zero-order valence-electron chi connectivity index (χ0n) is 17.8. The Morgan fingerprint density at radius 2 is 1.91 bits per heavy atom. The molecule has 8 heteroatoms. The number of anilines is 1. The molecule has 164 valence electrons. The Balaban J connectivity index is 0.00000245. The van der Waals surface area contributed by atoms with Gasteiger partial charge in [-0.2, -0.15) is 5.26 Å². The number of hydrogen-bond donors (Lipinski definition) is 0. The highest BCUT2D eigenvalue weighted by Gasteiger charge is 2.20. The molecule has 4 heterocycles. The van der Waals surface area contributed by atoms with Crippen LogP contribution in [0.4, 0.5) is 5.82 Å². The van der Waals surface area contributed by atoms with Gasteiger partial charge in [-0.25, -0.2) is 4.98 Å². The van der Waals surface area contributed by atoms with Gasteiger partial charge in [0, 0.05) is 67.5 Å². The van der Waals surface area contributed by atoms with E-state index in [0.29, 0.717) is 5.56 Å². The number of halogens is 1. The second kappa shape index (κ2) is 9.29. The Labute approximate surface area is 196 Å². The Bertz CT molecular complexity index is 1360. The largest absolute Gasteiger partial charge is 0.354 e. The molecule has 1 aliphatic heterocycles. The van der Waals surface area contributed by atoms with Gasteiger partial charge in [0.05, 0.1) is 17.1 Å². The fourth-order valence-electron chi connectivity index (χ4n) is 4.40. The molecule has 4 aromatic rings. The van der Waals surface area contributed by atoms with Gasteiger partial charge in [0.2, 0.25) is 0 Å². The van der Waals surface area contributed by atoms with E-state index < -0.39 is 0 Å². The van der Waals surface area contributed by atoms with Crippen molar-refractivity contribution in [3.8, 4) is 6.07 Å². The summed E-state index contributed by atoms with van der Waals surface area (Å²) in [6.07, 6.45) is 2.69. The molecule has 3 aromatic heterocycles. The van der Waals surface area contributed by atoms with Crippen LogP contribution in [0.2, 0.25) is 0 Å². The number of hydrogen-bond acceptors (Lipinski definition) is 6. The average Bonchev–Trinajstić information content (AvgIpc) is 3.29. The number of nitrogens with zero attached hydrogens (tertiary/aromatic N) is 5. The van der Waals surface area contributed by atoms with Gasteiger partial charge in [0.1, 0.15) is 5.82 Å². The van der Waals surface area contributed by atoms with Gasteiger partial charge in [-0.3, -0.25) is 9.69 Å². The molecule has 1 aromatic carbocycles. The lowest BCUT2D eigenvalue weighted by molar-refractivity contribution is 0.261. The normalized spacial score (nSPS) is 14.4. The Hall–Kier alpha value is -2.92. The second-order valence-electron chi connectivity index (χ2n) is 7.96. The van der Waals surface area contributed by atoms with E-state index in [1.165, 1.54) is 10.1 Å². The number of thiophene rings is 1. The van der Waals surface area contributed by atoms with E-state index >= 15 is 0 Å². The minimum absolute atomic E-state index is 0. The van der Waals surface area contributed by atoms with Gasteiger partial charge >= 0.3 is 0 Å². The monoisotopic (exact) mass is 465 g/mol. The van der Waals surface area contributed by atoms with E-state index in [9.17, 15) is 10.1 Å². The molecule has 5 rings (SSSR count). The molecule has 6 nitrogen and oxygen atoms in total. The van der Waals surface area contributed by atoms with Crippen molar-refractivity contribution in [2.24, 2.45) is 7.05 Å². The second-order valence-corrected chi connectivity index (χ2v) is 8.90. The lowest BCUT2D eigenvalue weighted by Gasteiger charge is -2.35. The first-order valence-corrected chi connectivity index (χ1v) is 11.3. The molecule has 0 atom stereocenters. The third-order valence-corrected chi connectivity index (χ3v) is 7.07. The molecule has 1 fully saturated rings. The van der Waals surface area contributed by atoms with Gasteiger partial charge in [0.15, 0.2) is 0 Å². The van der Waals surface area contributed by atoms with Crippen LogP contribution in [0, 0.1) is 11.3 Å². The summed E-state index contributed by atoms with van der Waals surface area (Å²) in [4.78, 5) is 21.9. The van der Waals surface area contributed by atoms with E-state index in [-0.39, 0.29) is 18.0 Å². The van der Waals surface area contributed by atoms with Crippen LogP contribution in [0.3, 0.4) is 0 Å². The Morgan fingerprint density at radius 1 is 1.09 bits per heavy atom. The molecule has 0 aliphatic carbocycles. The molecular formula is C24H24ClN5OS. The molecular weight excluding hydrogens is 442 g/mol. The lowest BCUT2D eigenvalue weighted by atomic mass is 10.0. The lowest BCUT2D eigenvalue weighted by Crippen LogP contribution is -2.47. The van der Waals surface area contributed by atoms with Crippen molar-refractivity contribution in [3.63, 3.8) is 0 Å². The van der Waals surface area contributed by atoms with E-state index in [4.69, 9.17) is 0 Å². The van der Waals surface area contributed by atoms with Crippen LogP contribution < -0.4 is 10.5 Å². The minimum atomic E-state index is -0.00745. The van der Waals surface area contributed by atoms with Gasteiger partial charge in [0.25, 0.3) is 5.56 Å². The van der Waals surface area contributed by atoms with Crippen LogP contribution in [0.25, 0.3) is 21.0 Å². The quantitative estimate of drug-likeness (QED) is 0.458. The minimum Gasteiger partial charge on any atom is -0.354 e. The van der Waals surface area contributed by atoms with Crippen LogP contribution in [-0.4, -0.2) is 47.2 Å². The van der Waals surface area contributed by atoms with Crippen molar-refractivity contribution >= 4 is 50.6 Å². The molecule has 0 amide bonds. The number of aryl methyl sites for hydroxylation is 1. The molecule has 0 bridgehead atoms. The fourth-order valence-corrected chi connectivity index (χ4v) is 5.17. The molecule has 1 saturated heterocycles. The third kappa shape index (κ3) is 4.09. The van der Waals surface area contributed by atoms with Crippen molar-refractivity contribution in [3.05, 3.63) is 69.5 Å². The first-order valence-electron chi connectivity index (χ1n) is 10.5. The standard InChI is InChI=1S/C24H23N5OS.ClH/c1-27-21-3-2-17(16-25)14-20(21)18(15-23(27)30)5-8-28-9-11-29(12-10-28)24-19-6-13-31-22(19)4-7-26-24;/h2-4,6-7,13-15H,5,8-12H2,1H3;1H. The van der Waals surface area contributed by atoms with Crippen molar-refractivity contribution in [2.45, 2.75) is 6.42 Å². The van der Waals surface area contributed by atoms with Gasteiger partial charge in [-0.05, 0) is 47.7 Å². The van der Waals surface area contributed by atoms with Crippen molar-refractivity contribution < 1.29 is 0 Å². The zero-order valence-corrected chi connectivity index (χ0v) is 19.5. The Morgan fingerprint density at radius 3 is 2.69 bits per heavy atom. The van der Waals surface area contributed by atoms with Crippen molar-refractivity contribution in [1.82, 2.24) is 14.5 Å². The number of piperazine rings is 1. The predicted molar refractivity (Wildman–Crippen MR) is 133 cm³/mol. The number of rotatable bonds is 4. The fraction of sp³-hybridized carbons (Fsp3) is 0.292. The van der Waals surface area contributed by atoms with Gasteiger partial charge in [-0.15, -0.1) is 23.7 Å². The number of pyridine rings is 2. The first-order chi connectivity index (χ1) is 15.1. The Kier molecular flexibility index (Phi) is 6.47. The summed E-state index contributed by atoms with van der Waals surface area (Å²) in [5.74, 6) is 1.08. The molecule has 0 saturated carbocycles. The van der Waals surface area contributed by atoms with Crippen LogP contribution in [0.15, 0.2) is 52.8 Å². The number of fused-ring (bicyclic) bond motifs is 2. The van der Waals surface area contributed by atoms with Gasteiger partial charge in [-0.1, -0.05) is 0 Å².